The first-order chi connectivity index (χ1) is 7.68. The van der Waals surface area contributed by atoms with Crippen LogP contribution in [0.5, 0.6) is 0 Å². The van der Waals surface area contributed by atoms with Crippen LogP contribution >= 0.6 is 23.2 Å². The first-order valence-electron chi connectivity index (χ1n) is 4.81. The van der Waals surface area contributed by atoms with Crippen molar-refractivity contribution in [3.05, 3.63) is 33.8 Å². The van der Waals surface area contributed by atoms with E-state index < -0.39 is 0 Å². The Balaban J connectivity index is 2.33. The summed E-state index contributed by atoms with van der Waals surface area (Å²) >= 11 is 12.1. The zero-order valence-corrected chi connectivity index (χ0v) is 9.97. The van der Waals surface area contributed by atoms with Gasteiger partial charge in [0.05, 0.1) is 28.0 Å². The van der Waals surface area contributed by atoms with Crippen LogP contribution in [0.25, 0.3) is 5.69 Å². The lowest BCUT2D eigenvalue weighted by molar-refractivity contribution is 0.849. The monoisotopic (exact) mass is 254 g/mol. The maximum absolute atomic E-state index is 6.15. The minimum Gasteiger partial charge on any atom is -0.375 e. The van der Waals surface area contributed by atoms with Crippen LogP contribution in [0.15, 0.2) is 12.1 Å². The smallest absolute Gasteiger partial charge is 0.157 e. The molecule has 0 fully saturated rings. The van der Waals surface area contributed by atoms with E-state index in [0.29, 0.717) is 16.6 Å². The topological polar surface area (TPSA) is 42.7 Å². The predicted octanol–water partition coefficient (Wildman–Crippen LogP) is 2.81. The summed E-state index contributed by atoms with van der Waals surface area (Å²) in [6.07, 6.45) is 0. The van der Waals surface area contributed by atoms with Gasteiger partial charge in [0.1, 0.15) is 5.82 Å². The molecule has 2 aromatic rings. The van der Waals surface area contributed by atoms with Crippen molar-refractivity contribution in [3.63, 3.8) is 0 Å². The van der Waals surface area contributed by atoms with E-state index in [1.807, 2.05) is 17.6 Å². The van der Waals surface area contributed by atoms with Crippen molar-refractivity contribution in [2.45, 2.75) is 13.5 Å². The molecule has 0 spiro atoms. The second kappa shape index (κ2) is 3.37. The Labute approximate surface area is 102 Å². The van der Waals surface area contributed by atoms with Crippen LogP contribution < -0.4 is 5.32 Å². The molecule has 0 atom stereocenters. The standard InChI is InChI=1S/C10H8Cl2N4/c1-5-14-15-8-4-13-10-7(16(5)8)3-2-6(11)9(10)12/h2-3,13H,4H2,1H3. The molecule has 82 valence electrons. The molecule has 1 aromatic carbocycles. The minimum absolute atomic E-state index is 0.540. The average molecular weight is 255 g/mol. The van der Waals surface area contributed by atoms with Crippen LogP contribution in [-0.2, 0) is 6.54 Å². The molecule has 0 amide bonds. The first-order valence-corrected chi connectivity index (χ1v) is 5.57. The molecule has 0 radical (unpaired) electrons. The zero-order valence-electron chi connectivity index (χ0n) is 8.46. The van der Waals surface area contributed by atoms with E-state index in [4.69, 9.17) is 23.2 Å². The second-order valence-corrected chi connectivity index (χ2v) is 4.39. The number of aromatic nitrogens is 3. The molecule has 4 nitrogen and oxygen atoms in total. The van der Waals surface area contributed by atoms with Crippen molar-refractivity contribution in [1.29, 1.82) is 0 Å². The molecule has 1 aromatic heterocycles. The Hall–Kier alpha value is -1.26. The van der Waals surface area contributed by atoms with Crippen LogP contribution in [-0.4, -0.2) is 14.8 Å². The maximum Gasteiger partial charge on any atom is 0.157 e. The van der Waals surface area contributed by atoms with Gasteiger partial charge in [-0.3, -0.25) is 4.57 Å². The van der Waals surface area contributed by atoms with Crippen molar-refractivity contribution in [1.82, 2.24) is 14.8 Å². The van der Waals surface area contributed by atoms with Gasteiger partial charge in [-0.05, 0) is 19.1 Å². The van der Waals surface area contributed by atoms with Crippen LogP contribution in [0.2, 0.25) is 10.0 Å². The largest absolute Gasteiger partial charge is 0.375 e. The van der Waals surface area contributed by atoms with Crippen molar-refractivity contribution in [2.24, 2.45) is 0 Å². The highest BCUT2D eigenvalue weighted by Gasteiger charge is 2.21. The number of hydrogen-bond donors (Lipinski definition) is 1. The van der Waals surface area contributed by atoms with Gasteiger partial charge in [0.2, 0.25) is 0 Å². The highest BCUT2D eigenvalue weighted by atomic mass is 35.5. The molecule has 6 heteroatoms. The van der Waals surface area contributed by atoms with Crippen molar-refractivity contribution in [2.75, 3.05) is 5.32 Å². The number of nitrogens with one attached hydrogen (secondary N) is 1. The number of aryl methyl sites for hydroxylation is 1. The summed E-state index contributed by atoms with van der Waals surface area (Å²) in [6.45, 7) is 2.52. The summed E-state index contributed by atoms with van der Waals surface area (Å²) in [5, 5.41) is 12.4. The fraction of sp³-hybridized carbons (Fsp3) is 0.200. The molecule has 3 rings (SSSR count). The van der Waals surface area contributed by atoms with Gasteiger partial charge in [-0.15, -0.1) is 10.2 Å². The number of halogens is 2. The molecule has 2 heterocycles. The Morgan fingerprint density at radius 1 is 1.31 bits per heavy atom. The van der Waals surface area contributed by atoms with Crippen LogP contribution in [0, 0.1) is 6.92 Å². The van der Waals surface area contributed by atoms with Crippen LogP contribution in [0.4, 0.5) is 5.69 Å². The van der Waals surface area contributed by atoms with E-state index in [2.05, 4.69) is 15.5 Å². The van der Waals surface area contributed by atoms with Crippen LogP contribution in [0.1, 0.15) is 11.6 Å². The highest BCUT2D eigenvalue weighted by molar-refractivity contribution is 6.44. The Morgan fingerprint density at radius 3 is 2.94 bits per heavy atom. The number of benzene rings is 1. The van der Waals surface area contributed by atoms with E-state index in [9.17, 15) is 0 Å². The van der Waals surface area contributed by atoms with Crippen molar-refractivity contribution < 1.29 is 0 Å². The molecule has 1 aliphatic heterocycles. The second-order valence-electron chi connectivity index (χ2n) is 3.61. The predicted molar refractivity (Wildman–Crippen MR) is 63.4 cm³/mol. The molecular weight excluding hydrogens is 247 g/mol. The van der Waals surface area contributed by atoms with Gasteiger partial charge in [0.15, 0.2) is 5.82 Å². The number of hydrogen-bond acceptors (Lipinski definition) is 3. The Morgan fingerprint density at radius 2 is 2.12 bits per heavy atom. The molecular formula is C10H8Cl2N4. The third-order valence-electron chi connectivity index (χ3n) is 2.63. The lowest BCUT2D eigenvalue weighted by Crippen LogP contribution is -2.16. The number of anilines is 1. The molecule has 16 heavy (non-hydrogen) atoms. The SMILES string of the molecule is Cc1nnc2n1-c1ccc(Cl)c(Cl)c1NC2. The molecule has 0 unspecified atom stereocenters. The third-order valence-corrected chi connectivity index (χ3v) is 3.43. The summed E-state index contributed by atoms with van der Waals surface area (Å²) in [4.78, 5) is 0. The summed E-state index contributed by atoms with van der Waals surface area (Å²) in [5.74, 6) is 1.72. The van der Waals surface area contributed by atoms with Gasteiger partial charge < -0.3 is 5.32 Å². The lowest BCUT2D eigenvalue weighted by atomic mass is 10.2. The van der Waals surface area contributed by atoms with E-state index in [1.54, 1.807) is 6.07 Å². The quantitative estimate of drug-likeness (QED) is 0.787. The first kappa shape index (κ1) is 9.93. The minimum atomic E-state index is 0.540. The molecule has 0 aliphatic carbocycles. The normalized spacial score (nSPS) is 12.9. The summed E-state index contributed by atoms with van der Waals surface area (Å²) < 4.78 is 1.98. The summed E-state index contributed by atoms with van der Waals surface area (Å²) in [5.41, 5.74) is 1.78. The van der Waals surface area contributed by atoms with Crippen molar-refractivity contribution in [3.8, 4) is 5.69 Å². The summed E-state index contributed by atoms with van der Waals surface area (Å²) in [7, 11) is 0. The van der Waals surface area contributed by atoms with E-state index in [0.717, 1.165) is 23.0 Å². The van der Waals surface area contributed by atoms with Crippen LogP contribution in [0.3, 0.4) is 0 Å². The molecule has 1 aliphatic rings. The Bertz CT molecular complexity index is 576. The van der Waals surface area contributed by atoms with Gasteiger partial charge in [0.25, 0.3) is 0 Å². The van der Waals surface area contributed by atoms with E-state index in [-0.39, 0.29) is 0 Å². The molecule has 1 N–H and O–H groups in total. The highest BCUT2D eigenvalue weighted by Crippen LogP contribution is 2.38. The summed E-state index contributed by atoms with van der Waals surface area (Å²) in [6, 6.07) is 3.69. The molecule has 0 saturated carbocycles. The molecule has 0 saturated heterocycles. The zero-order chi connectivity index (χ0) is 11.3. The lowest BCUT2D eigenvalue weighted by Gasteiger charge is -2.21. The fourth-order valence-corrected chi connectivity index (χ4v) is 2.28. The van der Waals surface area contributed by atoms with E-state index in [1.165, 1.54) is 0 Å². The van der Waals surface area contributed by atoms with Gasteiger partial charge in [-0.25, -0.2) is 0 Å². The third kappa shape index (κ3) is 1.23. The van der Waals surface area contributed by atoms with Gasteiger partial charge in [-0.2, -0.15) is 0 Å². The molecule has 0 bridgehead atoms. The van der Waals surface area contributed by atoms with Gasteiger partial charge in [0, 0.05) is 0 Å². The number of fused-ring (bicyclic) bond motifs is 3. The van der Waals surface area contributed by atoms with E-state index >= 15 is 0 Å². The maximum atomic E-state index is 6.15. The number of nitrogens with zero attached hydrogens (tertiary/aromatic N) is 3. The van der Waals surface area contributed by atoms with Gasteiger partial charge in [-0.1, -0.05) is 23.2 Å². The average Bonchev–Trinajstić information content (AvgIpc) is 2.66. The number of rotatable bonds is 0. The van der Waals surface area contributed by atoms with Gasteiger partial charge >= 0.3 is 0 Å². The van der Waals surface area contributed by atoms with Crippen molar-refractivity contribution >= 4 is 28.9 Å². The Kier molecular flexibility index (Phi) is 2.09. The fourth-order valence-electron chi connectivity index (χ4n) is 1.90.